The van der Waals surface area contributed by atoms with Crippen molar-refractivity contribution in [1.29, 1.82) is 0 Å². The number of carboxylic acid groups (broad SMARTS) is 1. The summed E-state index contributed by atoms with van der Waals surface area (Å²) < 4.78 is 10.5. The summed E-state index contributed by atoms with van der Waals surface area (Å²) in [6, 6.07) is 10.1. The fourth-order valence-electron chi connectivity index (χ4n) is 2.03. The summed E-state index contributed by atoms with van der Waals surface area (Å²) in [6.45, 7) is 0. The zero-order valence-corrected chi connectivity index (χ0v) is 11.8. The number of para-hydroxylation sites is 1. The third-order valence-corrected chi connectivity index (χ3v) is 3.14. The van der Waals surface area contributed by atoms with E-state index in [2.05, 4.69) is 0 Å². The number of rotatable bonds is 4. The largest absolute Gasteiger partial charge is 0.496 e. The number of aromatic carboxylic acids is 1. The molecule has 20 heavy (non-hydrogen) atoms. The highest BCUT2D eigenvalue weighted by atomic mass is 35.5. The molecule has 4 nitrogen and oxygen atoms in total. The molecule has 1 N–H and O–H groups in total. The molecule has 0 aliphatic rings. The molecule has 0 radical (unpaired) electrons. The van der Waals surface area contributed by atoms with Crippen LogP contribution >= 0.6 is 11.6 Å². The van der Waals surface area contributed by atoms with Gasteiger partial charge in [-0.1, -0.05) is 23.7 Å². The molecule has 5 heteroatoms. The SMILES string of the molecule is COc1ccc(Cl)cc1-c1cccc(C(=O)O)c1OC. The number of ether oxygens (including phenoxy) is 2. The molecule has 0 aliphatic heterocycles. The van der Waals surface area contributed by atoms with Gasteiger partial charge in [0.05, 0.1) is 14.2 Å². The molecule has 0 unspecified atom stereocenters. The molecule has 2 aromatic rings. The Morgan fingerprint density at radius 1 is 1.10 bits per heavy atom. The number of hydrogen-bond donors (Lipinski definition) is 1. The first-order valence-electron chi connectivity index (χ1n) is 5.82. The van der Waals surface area contributed by atoms with Crippen molar-refractivity contribution in [2.45, 2.75) is 0 Å². The molecule has 0 aromatic heterocycles. The van der Waals surface area contributed by atoms with Crippen LogP contribution in [0.3, 0.4) is 0 Å². The smallest absolute Gasteiger partial charge is 0.339 e. The number of methoxy groups -OCH3 is 2. The van der Waals surface area contributed by atoms with Crippen LogP contribution in [0.15, 0.2) is 36.4 Å². The topological polar surface area (TPSA) is 55.8 Å². The van der Waals surface area contributed by atoms with Crippen LogP contribution < -0.4 is 9.47 Å². The average Bonchev–Trinajstić information content (AvgIpc) is 2.46. The van der Waals surface area contributed by atoms with Gasteiger partial charge in [-0.15, -0.1) is 0 Å². The average molecular weight is 293 g/mol. The molecule has 0 aliphatic carbocycles. The molecule has 0 saturated carbocycles. The minimum Gasteiger partial charge on any atom is -0.496 e. The molecule has 2 rings (SSSR count). The monoisotopic (exact) mass is 292 g/mol. The maximum Gasteiger partial charge on any atom is 0.339 e. The molecule has 0 saturated heterocycles. The fourth-order valence-corrected chi connectivity index (χ4v) is 2.20. The number of carbonyl (C=O) groups is 1. The maximum atomic E-state index is 11.2. The summed E-state index contributed by atoms with van der Waals surface area (Å²) in [5.74, 6) is -0.180. The van der Waals surface area contributed by atoms with Gasteiger partial charge in [0.2, 0.25) is 0 Å². The van der Waals surface area contributed by atoms with E-state index in [1.165, 1.54) is 13.2 Å². The van der Waals surface area contributed by atoms with Gasteiger partial charge < -0.3 is 14.6 Å². The normalized spacial score (nSPS) is 10.2. The third-order valence-electron chi connectivity index (χ3n) is 2.90. The highest BCUT2D eigenvalue weighted by Gasteiger charge is 2.18. The number of benzene rings is 2. The molecular formula is C15H13ClO4. The lowest BCUT2D eigenvalue weighted by Gasteiger charge is -2.14. The standard InChI is InChI=1S/C15H13ClO4/c1-19-13-7-6-9(16)8-12(13)10-4-3-5-11(15(17)18)14(10)20-2/h3-8H,1-2H3,(H,17,18). The van der Waals surface area contributed by atoms with Crippen LogP contribution in [0.2, 0.25) is 5.02 Å². The zero-order chi connectivity index (χ0) is 14.7. The van der Waals surface area contributed by atoms with Crippen LogP contribution in [-0.4, -0.2) is 25.3 Å². The number of carboxylic acids is 1. The van der Waals surface area contributed by atoms with Crippen molar-refractivity contribution in [2.24, 2.45) is 0 Å². The second-order valence-electron chi connectivity index (χ2n) is 4.04. The van der Waals surface area contributed by atoms with E-state index in [1.807, 2.05) is 0 Å². The lowest BCUT2D eigenvalue weighted by molar-refractivity contribution is 0.0693. The number of hydrogen-bond acceptors (Lipinski definition) is 3. The van der Waals surface area contributed by atoms with Gasteiger partial charge in [0.1, 0.15) is 17.1 Å². The zero-order valence-electron chi connectivity index (χ0n) is 11.0. The first-order chi connectivity index (χ1) is 9.58. The van der Waals surface area contributed by atoms with Crippen molar-refractivity contribution in [2.75, 3.05) is 14.2 Å². The van der Waals surface area contributed by atoms with Gasteiger partial charge in [0.15, 0.2) is 0 Å². The van der Waals surface area contributed by atoms with Crippen molar-refractivity contribution in [3.63, 3.8) is 0 Å². The first-order valence-corrected chi connectivity index (χ1v) is 6.20. The van der Waals surface area contributed by atoms with E-state index in [1.54, 1.807) is 37.4 Å². The van der Waals surface area contributed by atoms with Gasteiger partial charge in [-0.25, -0.2) is 4.79 Å². The first kappa shape index (κ1) is 14.2. The van der Waals surface area contributed by atoms with Crippen LogP contribution in [0.25, 0.3) is 11.1 Å². The summed E-state index contributed by atoms with van der Waals surface area (Å²) >= 11 is 6.01. The van der Waals surface area contributed by atoms with Gasteiger partial charge in [-0.3, -0.25) is 0 Å². The van der Waals surface area contributed by atoms with Crippen LogP contribution in [-0.2, 0) is 0 Å². The third kappa shape index (κ3) is 2.56. The Bertz CT molecular complexity index is 652. The van der Waals surface area contributed by atoms with Gasteiger partial charge >= 0.3 is 5.97 Å². The number of halogens is 1. The van der Waals surface area contributed by atoms with Crippen molar-refractivity contribution < 1.29 is 19.4 Å². The second-order valence-corrected chi connectivity index (χ2v) is 4.47. The van der Waals surface area contributed by atoms with E-state index < -0.39 is 5.97 Å². The summed E-state index contributed by atoms with van der Waals surface area (Å²) in [6.07, 6.45) is 0. The van der Waals surface area contributed by atoms with E-state index in [0.29, 0.717) is 21.9 Å². The molecule has 2 aromatic carbocycles. The van der Waals surface area contributed by atoms with Gasteiger partial charge in [0, 0.05) is 16.1 Å². The maximum absolute atomic E-state index is 11.2. The van der Waals surface area contributed by atoms with E-state index in [4.69, 9.17) is 21.1 Å². The van der Waals surface area contributed by atoms with Crippen LogP contribution in [0.4, 0.5) is 0 Å². The van der Waals surface area contributed by atoms with Crippen LogP contribution in [0, 0.1) is 0 Å². The minimum absolute atomic E-state index is 0.0898. The summed E-state index contributed by atoms with van der Waals surface area (Å²) in [5.41, 5.74) is 1.39. The molecule has 104 valence electrons. The Labute approximate surface area is 121 Å². The Morgan fingerprint density at radius 2 is 1.85 bits per heavy atom. The van der Waals surface area contributed by atoms with Crippen LogP contribution in [0.1, 0.15) is 10.4 Å². The van der Waals surface area contributed by atoms with E-state index in [9.17, 15) is 9.90 Å². The molecule has 0 atom stereocenters. The molecule has 0 heterocycles. The van der Waals surface area contributed by atoms with E-state index in [0.717, 1.165) is 0 Å². The van der Waals surface area contributed by atoms with Crippen molar-refractivity contribution in [3.8, 4) is 22.6 Å². The van der Waals surface area contributed by atoms with Crippen molar-refractivity contribution in [1.82, 2.24) is 0 Å². The molecule has 0 bridgehead atoms. The van der Waals surface area contributed by atoms with Crippen LogP contribution in [0.5, 0.6) is 11.5 Å². The predicted octanol–water partition coefficient (Wildman–Crippen LogP) is 3.72. The summed E-state index contributed by atoms with van der Waals surface area (Å²) in [7, 11) is 2.97. The Hall–Kier alpha value is -2.20. The lowest BCUT2D eigenvalue weighted by Crippen LogP contribution is -2.02. The molecule has 0 fully saturated rings. The second kappa shape index (κ2) is 5.84. The Kier molecular flexibility index (Phi) is 4.15. The van der Waals surface area contributed by atoms with Crippen molar-refractivity contribution in [3.05, 3.63) is 47.0 Å². The highest BCUT2D eigenvalue weighted by Crippen LogP contribution is 2.39. The molecule has 0 spiro atoms. The highest BCUT2D eigenvalue weighted by molar-refractivity contribution is 6.31. The summed E-state index contributed by atoms with van der Waals surface area (Å²) in [4.78, 5) is 11.2. The van der Waals surface area contributed by atoms with E-state index >= 15 is 0 Å². The van der Waals surface area contributed by atoms with Gasteiger partial charge in [-0.2, -0.15) is 0 Å². The Morgan fingerprint density at radius 3 is 2.45 bits per heavy atom. The minimum atomic E-state index is -1.05. The molecular weight excluding hydrogens is 280 g/mol. The quantitative estimate of drug-likeness (QED) is 0.933. The lowest BCUT2D eigenvalue weighted by atomic mass is 10.0. The van der Waals surface area contributed by atoms with E-state index in [-0.39, 0.29) is 11.3 Å². The molecule has 0 amide bonds. The van der Waals surface area contributed by atoms with Gasteiger partial charge in [-0.05, 0) is 24.3 Å². The van der Waals surface area contributed by atoms with Crippen molar-refractivity contribution >= 4 is 17.6 Å². The predicted molar refractivity (Wildman–Crippen MR) is 77.0 cm³/mol. The summed E-state index contributed by atoms with van der Waals surface area (Å²) in [5, 5.41) is 9.74. The van der Waals surface area contributed by atoms with Gasteiger partial charge in [0.25, 0.3) is 0 Å². The Balaban J connectivity index is 2.72. The fraction of sp³-hybridized carbons (Fsp3) is 0.133.